The summed E-state index contributed by atoms with van der Waals surface area (Å²) in [5.74, 6) is 0. The molecule has 2 unspecified atom stereocenters. The van der Waals surface area contributed by atoms with E-state index < -0.39 is 0 Å². The largest absolute Gasteiger partial charge is 0.396 e. The summed E-state index contributed by atoms with van der Waals surface area (Å²) in [4.78, 5) is 4.79. The summed E-state index contributed by atoms with van der Waals surface area (Å²) in [5, 5.41) is 12.2. The van der Waals surface area contributed by atoms with Crippen LogP contribution in [0.15, 0.2) is 0 Å². The maximum absolute atomic E-state index is 8.92. The van der Waals surface area contributed by atoms with E-state index in [9.17, 15) is 0 Å². The maximum atomic E-state index is 8.92. The first-order chi connectivity index (χ1) is 7.17. The Hall–Kier alpha value is -0.160. The molecule has 0 radical (unpaired) electrons. The number of aliphatic hydroxyl groups is 1. The molecule has 0 aromatic carbocycles. The minimum Gasteiger partial charge on any atom is -0.396 e. The fraction of sp³-hybridized carbons (Fsp3) is 1.00. The summed E-state index contributed by atoms with van der Waals surface area (Å²) in [5.41, 5.74) is 0. The smallest absolute Gasteiger partial charge is 0.0446 e. The first kappa shape index (κ1) is 12.9. The van der Waals surface area contributed by atoms with Crippen LogP contribution in [0, 0.1) is 0 Å². The molecule has 0 bridgehead atoms. The van der Waals surface area contributed by atoms with Gasteiger partial charge in [-0.25, -0.2) is 0 Å². The van der Waals surface area contributed by atoms with Gasteiger partial charge in [0.1, 0.15) is 0 Å². The normalized spacial score (nSPS) is 25.0. The van der Waals surface area contributed by atoms with E-state index in [-0.39, 0.29) is 6.61 Å². The zero-order valence-electron chi connectivity index (χ0n) is 10.2. The molecule has 2 N–H and O–H groups in total. The van der Waals surface area contributed by atoms with Crippen molar-refractivity contribution in [1.29, 1.82) is 0 Å². The first-order valence-electron chi connectivity index (χ1n) is 5.84. The molecule has 90 valence electrons. The zero-order valence-corrected chi connectivity index (χ0v) is 10.2. The molecule has 15 heavy (non-hydrogen) atoms. The molecule has 4 heteroatoms. The lowest BCUT2D eigenvalue weighted by atomic mass is 10.2. The summed E-state index contributed by atoms with van der Waals surface area (Å²) in [6.07, 6.45) is 2.11. The van der Waals surface area contributed by atoms with E-state index >= 15 is 0 Å². The molecular weight excluding hydrogens is 190 g/mol. The monoisotopic (exact) mass is 215 g/mol. The first-order valence-corrected chi connectivity index (χ1v) is 5.84. The van der Waals surface area contributed by atoms with E-state index in [4.69, 9.17) is 5.11 Å². The average molecular weight is 215 g/mol. The second-order valence-corrected chi connectivity index (χ2v) is 4.66. The number of likely N-dealkylation sites (tertiary alicyclic amines) is 1. The third-order valence-electron chi connectivity index (χ3n) is 3.34. The number of likely N-dealkylation sites (N-methyl/N-ethyl adjacent to an activating group) is 2. The van der Waals surface area contributed by atoms with Crippen LogP contribution in [0.4, 0.5) is 0 Å². The summed E-state index contributed by atoms with van der Waals surface area (Å²) < 4.78 is 0. The van der Waals surface area contributed by atoms with Crippen LogP contribution in [0.3, 0.4) is 0 Å². The van der Waals surface area contributed by atoms with E-state index in [0.29, 0.717) is 12.1 Å². The molecule has 1 rings (SSSR count). The van der Waals surface area contributed by atoms with E-state index in [1.807, 2.05) is 7.05 Å². The molecule has 0 amide bonds. The molecule has 1 aliphatic rings. The Kier molecular flexibility index (Phi) is 5.53. The Morgan fingerprint density at radius 1 is 1.53 bits per heavy atom. The van der Waals surface area contributed by atoms with Crippen LogP contribution in [0.2, 0.25) is 0 Å². The molecule has 0 spiro atoms. The third-order valence-corrected chi connectivity index (χ3v) is 3.34. The highest BCUT2D eigenvalue weighted by Gasteiger charge is 2.25. The Bertz CT molecular complexity index is 175. The lowest BCUT2D eigenvalue weighted by Crippen LogP contribution is -2.40. The van der Waals surface area contributed by atoms with E-state index in [2.05, 4.69) is 29.2 Å². The lowest BCUT2D eigenvalue weighted by Gasteiger charge is -2.24. The van der Waals surface area contributed by atoms with Crippen LogP contribution in [-0.4, -0.2) is 74.4 Å². The van der Waals surface area contributed by atoms with Gasteiger partial charge in [-0.2, -0.15) is 0 Å². The van der Waals surface area contributed by atoms with Gasteiger partial charge in [0.2, 0.25) is 0 Å². The molecular formula is C11H25N3O. The van der Waals surface area contributed by atoms with Crippen LogP contribution in [0.5, 0.6) is 0 Å². The average Bonchev–Trinajstić information content (AvgIpc) is 2.65. The number of aliphatic hydroxyl groups excluding tert-OH is 1. The second-order valence-electron chi connectivity index (χ2n) is 4.66. The molecule has 0 aromatic heterocycles. The number of rotatable bonds is 6. The van der Waals surface area contributed by atoms with Crippen LogP contribution in [0.1, 0.15) is 12.8 Å². The molecule has 1 aliphatic heterocycles. The molecule has 4 nitrogen and oxygen atoms in total. The van der Waals surface area contributed by atoms with E-state index in [1.54, 1.807) is 0 Å². The van der Waals surface area contributed by atoms with Crippen LogP contribution in [0.25, 0.3) is 0 Å². The number of nitrogens with one attached hydrogen (secondary N) is 1. The molecule has 0 aliphatic carbocycles. The molecule has 2 atom stereocenters. The van der Waals surface area contributed by atoms with Crippen LogP contribution >= 0.6 is 0 Å². The van der Waals surface area contributed by atoms with Crippen molar-refractivity contribution in [2.45, 2.75) is 24.9 Å². The Morgan fingerprint density at radius 2 is 2.27 bits per heavy atom. The van der Waals surface area contributed by atoms with Crippen LogP contribution < -0.4 is 5.32 Å². The highest BCUT2D eigenvalue weighted by Crippen LogP contribution is 2.13. The van der Waals surface area contributed by atoms with Crippen molar-refractivity contribution in [3.05, 3.63) is 0 Å². The van der Waals surface area contributed by atoms with E-state index in [0.717, 1.165) is 19.5 Å². The second kappa shape index (κ2) is 6.43. The quantitative estimate of drug-likeness (QED) is 0.632. The van der Waals surface area contributed by atoms with Crippen molar-refractivity contribution < 1.29 is 5.11 Å². The van der Waals surface area contributed by atoms with Gasteiger partial charge in [0.15, 0.2) is 0 Å². The van der Waals surface area contributed by atoms with E-state index in [1.165, 1.54) is 13.0 Å². The summed E-state index contributed by atoms with van der Waals surface area (Å²) in [6, 6.07) is 1.13. The Labute approximate surface area is 93.2 Å². The van der Waals surface area contributed by atoms with Gasteiger partial charge < -0.3 is 20.2 Å². The summed E-state index contributed by atoms with van der Waals surface area (Å²) in [6.45, 7) is 3.68. The molecule has 0 saturated carbocycles. The van der Waals surface area contributed by atoms with Gasteiger partial charge in [-0.05, 0) is 40.5 Å². The van der Waals surface area contributed by atoms with Crippen molar-refractivity contribution in [3.8, 4) is 0 Å². The van der Waals surface area contributed by atoms with Crippen molar-refractivity contribution in [1.82, 2.24) is 15.1 Å². The van der Waals surface area contributed by atoms with Crippen molar-refractivity contribution in [2.24, 2.45) is 0 Å². The van der Waals surface area contributed by atoms with Gasteiger partial charge in [0, 0.05) is 31.8 Å². The fourth-order valence-corrected chi connectivity index (χ4v) is 2.19. The highest BCUT2D eigenvalue weighted by molar-refractivity contribution is 4.83. The van der Waals surface area contributed by atoms with Gasteiger partial charge in [-0.3, -0.25) is 0 Å². The molecule has 1 fully saturated rings. The number of hydrogen-bond acceptors (Lipinski definition) is 4. The number of nitrogens with zero attached hydrogens (tertiary/aromatic N) is 2. The lowest BCUT2D eigenvalue weighted by molar-refractivity contribution is 0.221. The summed E-state index contributed by atoms with van der Waals surface area (Å²) >= 11 is 0. The minimum absolute atomic E-state index is 0.274. The predicted molar refractivity (Wildman–Crippen MR) is 63.1 cm³/mol. The third kappa shape index (κ3) is 4.07. The highest BCUT2D eigenvalue weighted by atomic mass is 16.3. The Balaban J connectivity index is 2.27. The summed E-state index contributed by atoms with van der Waals surface area (Å²) in [7, 11) is 6.27. The maximum Gasteiger partial charge on any atom is 0.0446 e. The van der Waals surface area contributed by atoms with Gasteiger partial charge in [0.05, 0.1) is 0 Å². The standard InChI is InChI=1S/C11H25N3O/c1-12-10(5-7-15)8-14-6-4-11(9-14)13(2)3/h10-12,15H,4-9H2,1-3H3. The van der Waals surface area contributed by atoms with Crippen LogP contribution in [-0.2, 0) is 0 Å². The van der Waals surface area contributed by atoms with Gasteiger partial charge in [-0.1, -0.05) is 0 Å². The molecule has 0 aromatic rings. The zero-order chi connectivity index (χ0) is 11.3. The van der Waals surface area contributed by atoms with Crippen molar-refractivity contribution in [3.63, 3.8) is 0 Å². The van der Waals surface area contributed by atoms with Gasteiger partial charge >= 0.3 is 0 Å². The fourth-order valence-electron chi connectivity index (χ4n) is 2.19. The number of hydrogen-bond donors (Lipinski definition) is 2. The molecule has 1 heterocycles. The van der Waals surface area contributed by atoms with Gasteiger partial charge in [0.25, 0.3) is 0 Å². The SMILES string of the molecule is CNC(CCO)CN1CCC(N(C)C)C1. The van der Waals surface area contributed by atoms with Crippen molar-refractivity contribution >= 4 is 0 Å². The molecule has 1 saturated heterocycles. The Morgan fingerprint density at radius 3 is 2.73 bits per heavy atom. The predicted octanol–water partition coefficient (Wildman–Crippen LogP) is -0.407. The van der Waals surface area contributed by atoms with Gasteiger partial charge in [-0.15, -0.1) is 0 Å². The minimum atomic E-state index is 0.274. The topological polar surface area (TPSA) is 38.7 Å². The van der Waals surface area contributed by atoms with Crippen molar-refractivity contribution in [2.75, 3.05) is 47.4 Å².